The van der Waals surface area contributed by atoms with E-state index >= 15 is 0 Å². The van der Waals surface area contributed by atoms with Gasteiger partial charge in [-0.15, -0.1) is 23.1 Å². The Balaban J connectivity index is 1.90. The van der Waals surface area contributed by atoms with Gasteiger partial charge in [-0.3, -0.25) is 9.59 Å². The summed E-state index contributed by atoms with van der Waals surface area (Å²) in [6, 6.07) is 10.0. The van der Waals surface area contributed by atoms with E-state index in [1.54, 1.807) is 24.8 Å². The number of carbonyl (C=O) groups is 2. The molecule has 0 bridgehead atoms. The number of aromatic nitrogens is 1. The molecule has 164 valence electrons. The zero-order valence-corrected chi connectivity index (χ0v) is 18.8. The molecule has 0 saturated heterocycles. The van der Waals surface area contributed by atoms with Gasteiger partial charge in [0, 0.05) is 17.0 Å². The van der Waals surface area contributed by atoms with Gasteiger partial charge in [-0.05, 0) is 43.0 Å². The third-order valence-electron chi connectivity index (χ3n) is 4.38. The summed E-state index contributed by atoms with van der Waals surface area (Å²) in [5.74, 6) is -1.80. The van der Waals surface area contributed by atoms with E-state index in [1.165, 1.54) is 22.3 Å². The Morgan fingerprint density at radius 2 is 1.97 bits per heavy atom. The molecule has 3 rings (SSSR count). The van der Waals surface area contributed by atoms with Gasteiger partial charge in [-0.25, -0.2) is 13.8 Å². The predicted molar refractivity (Wildman–Crippen MR) is 119 cm³/mol. The van der Waals surface area contributed by atoms with Crippen LogP contribution in [0.15, 0.2) is 41.3 Å². The third-order valence-corrected chi connectivity index (χ3v) is 6.26. The van der Waals surface area contributed by atoms with E-state index in [1.807, 2.05) is 25.1 Å². The number of nitrogens with zero attached hydrogens (tertiary/aromatic N) is 2. The highest BCUT2D eigenvalue weighted by molar-refractivity contribution is 7.99. The maximum atomic E-state index is 14.1. The Kier molecular flexibility index (Phi) is 7.97. The van der Waals surface area contributed by atoms with E-state index in [0.29, 0.717) is 15.4 Å². The van der Waals surface area contributed by atoms with Crippen LogP contribution in [0.25, 0.3) is 10.2 Å². The molecule has 0 atom stereocenters. The van der Waals surface area contributed by atoms with Gasteiger partial charge in [0.25, 0.3) is 0 Å². The van der Waals surface area contributed by atoms with Gasteiger partial charge in [0.1, 0.15) is 10.5 Å². The van der Waals surface area contributed by atoms with Crippen LogP contribution >= 0.6 is 23.1 Å². The number of amides is 1. The number of hydrogen-bond donors (Lipinski definition) is 0. The number of thiazole rings is 1. The fourth-order valence-corrected chi connectivity index (χ4v) is 4.66. The van der Waals surface area contributed by atoms with Gasteiger partial charge in [0.2, 0.25) is 5.91 Å². The van der Waals surface area contributed by atoms with Crippen LogP contribution in [0.2, 0.25) is 0 Å². The molecule has 1 heterocycles. The lowest BCUT2D eigenvalue weighted by Gasteiger charge is -2.22. The number of carbonyl (C=O) groups excluding carboxylic acids is 2. The minimum absolute atomic E-state index is 0.0299. The normalized spacial score (nSPS) is 11.0. The van der Waals surface area contributed by atoms with Crippen molar-refractivity contribution >= 4 is 50.9 Å². The molecule has 0 aliphatic carbocycles. The van der Waals surface area contributed by atoms with E-state index in [9.17, 15) is 18.4 Å². The van der Waals surface area contributed by atoms with Crippen molar-refractivity contribution in [1.82, 2.24) is 4.98 Å². The highest BCUT2D eigenvalue weighted by Crippen LogP contribution is 2.30. The zero-order chi connectivity index (χ0) is 22.4. The molecule has 0 aliphatic rings. The van der Waals surface area contributed by atoms with E-state index in [2.05, 4.69) is 4.98 Å². The molecule has 0 N–H and O–H groups in total. The Bertz CT molecular complexity index is 1090. The average Bonchev–Trinajstić information content (AvgIpc) is 3.17. The van der Waals surface area contributed by atoms with Crippen molar-refractivity contribution in [1.29, 1.82) is 0 Å². The van der Waals surface area contributed by atoms with Crippen molar-refractivity contribution < 1.29 is 23.1 Å². The topological polar surface area (TPSA) is 59.5 Å². The fraction of sp³-hybridized carbons (Fsp3) is 0.318. The van der Waals surface area contributed by atoms with Crippen LogP contribution in [0.4, 0.5) is 14.5 Å². The third kappa shape index (κ3) is 5.80. The lowest BCUT2D eigenvalue weighted by atomic mass is 10.2. The summed E-state index contributed by atoms with van der Waals surface area (Å²) in [6.45, 7) is 4.08. The summed E-state index contributed by atoms with van der Waals surface area (Å²) in [5.41, 5.74) is 0.604. The molecule has 0 unspecified atom stereocenters. The monoisotopic (exact) mass is 464 g/mol. The van der Waals surface area contributed by atoms with E-state index in [4.69, 9.17) is 4.74 Å². The highest BCUT2D eigenvalue weighted by atomic mass is 32.2. The van der Waals surface area contributed by atoms with Crippen LogP contribution in [0, 0.1) is 11.6 Å². The summed E-state index contributed by atoms with van der Waals surface area (Å²) >= 11 is 2.84. The first-order valence-electron chi connectivity index (χ1n) is 9.85. The number of fused-ring (bicyclic) bond motifs is 1. The van der Waals surface area contributed by atoms with Crippen LogP contribution in [0.5, 0.6) is 0 Å². The molecule has 3 aromatic rings. The minimum Gasteiger partial charge on any atom is -0.466 e. The Morgan fingerprint density at radius 3 is 2.71 bits per heavy atom. The molecule has 1 amide bonds. The molecule has 0 saturated carbocycles. The van der Waals surface area contributed by atoms with Crippen LogP contribution in [-0.2, 0) is 20.9 Å². The van der Waals surface area contributed by atoms with Crippen LogP contribution in [0.1, 0.15) is 31.7 Å². The Labute approximate surface area is 187 Å². The molecule has 5 nitrogen and oxygen atoms in total. The van der Waals surface area contributed by atoms with Crippen LogP contribution in [-0.4, -0.2) is 29.2 Å². The maximum Gasteiger partial charge on any atom is 0.306 e. The number of rotatable bonds is 9. The Morgan fingerprint density at radius 1 is 1.16 bits per heavy atom. The largest absolute Gasteiger partial charge is 0.466 e. The standard InChI is InChI=1S/C22H22F2N2O3S2/c1-3-29-20(28)11-10-19(27)26(14-6-5-7-15(12-14)30-4-2)13-18-25-22-17(31-18)9-8-16(23)21(22)24/h5-9,12H,3-4,10-11,13H2,1-2H3. The molecular weight excluding hydrogens is 442 g/mol. The smallest absolute Gasteiger partial charge is 0.306 e. The first-order valence-corrected chi connectivity index (χ1v) is 11.6. The van der Waals surface area contributed by atoms with Crippen molar-refractivity contribution in [3.63, 3.8) is 0 Å². The van der Waals surface area contributed by atoms with Crippen molar-refractivity contribution in [2.24, 2.45) is 0 Å². The molecule has 0 fully saturated rings. The second-order valence-corrected chi connectivity index (χ2v) is 8.98. The van der Waals surface area contributed by atoms with Gasteiger partial charge in [0.05, 0.1) is 24.3 Å². The molecule has 2 aromatic carbocycles. The molecule has 0 aliphatic heterocycles. The summed E-state index contributed by atoms with van der Waals surface area (Å²) in [7, 11) is 0. The summed E-state index contributed by atoms with van der Waals surface area (Å²) in [5, 5.41) is 0.470. The van der Waals surface area contributed by atoms with Gasteiger partial charge >= 0.3 is 5.97 Å². The number of hydrogen-bond acceptors (Lipinski definition) is 6. The first kappa shape index (κ1) is 23.1. The van der Waals surface area contributed by atoms with Crippen molar-refractivity contribution in [3.8, 4) is 0 Å². The number of anilines is 1. The van der Waals surface area contributed by atoms with Gasteiger partial charge in [0.15, 0.2) is 11.6 Å². The average molecular weight is 465 g/mol. The fourth-order valence-electron chi connectivity index (χ4n) is 2.99. The van der Waals surface area contributed by atoms with E-state index < -0.39 is 17.6 Å². The first-order chi connectivity index (χ1) is 14.9. The van der Waals surface area contributed by atoms with Crippen molar-refractivity contribution in [3.05, 3.63) is 53.0 Å². The van der Waals surface area contributed by atoms with E-state index in [0.717, 1.165) is 16.7 Å². The molecule has 0 spiro atoms. The summed E-state index contributed by atoms with van der Waals surface area (Å²) in [4.78, 5) is 31.5. The number of benzene rings is 2. The SMILES string of the molecule is CCOC(=O)CCC(=O)N(Cc1nc2c(F)c(F)ccc2s1)c1cccc(SCC)c1. The van der Waals surface area contributed by atoms with Crippen molar-refractivity contribution in [2.75, 3.05) is 17.3 Å². The molecule has 31 heavy (non-hydrogen) atoms. The van der Waals surface area contributed by atoms with Gasteiger partial charge in [-0.2, -0.15) is 0 Å². The second-order valence-electron chi connectivity index (χ2n) is 6.53. The number of esters is 1. The maximum absolute atomic E-state index is 14.1. The zero-order valence-electron chi connectivity index (χ0n) is 17.2. The quantitative estimate of drug-likeness (QED) is 0.306. The molecular formula is C22H22F2N2O3S2. The molecule has 1 aromatic heterocycles. The predicted octanol–water partition coefficient (Wildman–Crippen LogP) is 5.56. The minimum atomic E-state index is -0.999. The Hall–Kier alpha value is -2.52. The molecule has 9 heteroatoms. The highest BCUT2D eigenvalue weighted by Gasteiger charge is 2.21. The second kappa shape index (κ2) is 10.7. The van der Waals surface area contributed by atoms with E-state index in [-0.39, 0.29) is 37.4 Å². The van der Waals surface area contributed by atoms with Gasteiger partial charge in [-0.1, -0.05) is 13.0 Å². The van der Waals surface area contributed by atoms with Gasteiger partial charge < -0.3 is 9.64 Å². The lowest BCUT2D eigenvalue weighted by Crippen LogP contribution is -2.30. The van der Waals surface area contributed by atoms with Crippen LogP contribution < -0.4 is 4.90 Å². The molecule has 0 radical (unpaired) electrons. The number of ether oxygens (including phenoxy) is 1. The number of halogens is 2. The summed E-state index contributed by atoms with van der Waals surface area (Å²) < 4.78 is 33.0. The number of thioether (sulfide) groups is 1. The summed E-state index contributed by atoms with van der Waals surface area (Å²) in [6.07, 6.45) is -0.0654. The van der Waals surface area contributed by atoms with Crippen molar-refractivity contribution in [2.45, 2.75) is 38.1 Å². The van der Waals surface area contributed by atoms with Crippen LogP contribution in [0.3, 0.4) is 0 Å². The lowest BCUT2D eigenvalue weighted by molar-refractivity contribution is -0.144.